The number of esters is 1. The van der Waals surface area contributed by atoms with Gasteiger partial charge in [-0.1, -0.05) is 24.3 Å². The van der Waals surface area contributed by atoms with Crippen molar-refractivity contribution < 1.29 is 27.5 Å². The molecule has 0 aromatic heterocycles. The van der Waals surface area contributed by atoms with Crippen LogP contribution in [0.15, 0.2) is 47.4 Å². The zero-order chi connectivity index (χ0) is 21.6. The zero-order valence-corrected chi connectivity index (χ0v) is 17.6. The first kappa shape index (κ1) is 22.4. The molecule has 0 aliphatic carbocycles. The zero-order valence-electron chi connectivity index (χ0n) is 16.8. The van der Waals surface area contributed by atoms with Crippen molar-refractivity contribution in [1.82, 2.24) is 9.62 Å². The van der Waals surface area contributed by atoms with E-state index in [1.807, 2.05) is 31.2 Å². The molecule has 1 amide bonds. The number of nitrogens with one attached hydrogen (secondary N) is 1. The van der Waals surface area contributed by atoms with Gasteiger partial charge in [0.2, 0.25) is 10.0 Å². The summed E-state index contributed by atoms with van der Waals surface area (Å²) in [7, 11) is 0.357. The van der Waals surface area contributed by atoms with Crippen LogP contribution in [0.2, 0.25) is 0 Å². The number of benzene rings is 2. The lowest BCUT2D eigenvalue weighted by molar-refractivity contribution is -0.133. The first-order valence-corrected chi connectivity index (χ1v) is 10.2. The summed E-state index contributed by atoms with van der Waals surface area (Å²) in [6, 6.07) is 11.6. The number of sulfonamides is 1. The number of likely N-dealkylation sites (N-methyl/N-ethyl adjacent to an activating group) is 1. The number of aryl methyl sites for hydroxylation is 1. The Bertz CT molecular complexity index is 1000. The molecule has 2 aromatic carbocycles. The molecule has 0 bridgehead atoms. The summed E-state index contributed by atoms with van der Waals surface area (Å²) in [6.45, 7) is 1.88. The van der Waals surface area contributed by atoms with E-state index in [0.717, 1.165) is 17.2 Å². The summed E-state index contributed by atoms with van der Waals surface area (Å²) in [6.07, 6.45) is 0. The van der Waals surface area contributed by atoms with Crippen molar-refractivity contribution in [2.75, 3.05) is 27.8 Å². The molecule has 0 fully saturated rings. The van der Waals surface area contributed by atoms with Crippen molar-refractivity contribution in [3.05, 3.63) is 59.2 Å². The monoisotopic (exact) mass is 420 g/mol. The minimum absolute atomic E-state index is 0.00557. The van der Waals surface area contributed by atoms with Gasteiger partial charge in [0.05, 0.1) is 12.7 Å². The van der Waals surface area contributed by atoms with E-state index in [1.165, 1.54) is 31.2 Å². The highest BCUT2D eigenvalue weighted by atomic mass is 32.2. The van der Waals surface area contributed by atoms with Crippen molar-refractivity contribution in [3.8, 4) is 5.75 Å². The van der Waals surface area contributed by atoms with Gasteiger partial charge in [-0.05, 0) is 43.3 Å². The smallest absolute Gasteiger partial charge is 0.338 e. The second-order valence-corrected chi connectivity index (χ2v) is 8.18. The van der Waals surface area contributed by atoms with Gasteiger partial charge in [0, 0.05) is 13.6 Å². The van der Waals surface area contributed by atoms with E-state index in [0.29, 0.717) is 6.54 Å². The molecule has 1 N–H and O–H groups in total. The van der Waals surface area contributed by atoms with Gasteiger partial charge in [0.1, 0.15) is 10.6 Å². The van der Waals surface area contributed by atoms with E-state index >= 15 is 0 Å². The SMILES string of the molecule is CNS(=O)(=O)c1cc(C(=O)OCC(=O)N(C)Cc2ccccc2C)ccc1OC. The fourth-order valence-electron chi connectivity index (χ4n) is 2.58. The highest BCUT2D eigenvalue weighted by Crippen LogP contribution is 2.25. The molecule has 2 aromatic rings. The lowest BCUT2D eigenvalue weighted by Gasteiger charge is -2.18. The molecule has 2 rings (SSSR count). The number of carbonyl (C=O) groups excluding carboxylic acids is 2. The summed E-state index contributed by atoms with van der Waals surface area (Å²) >= 11 is 0. The first-order chi connectivity index (χ1) is 13.7. The molecule has 0 aliphatic rings. The number of amides is 1. The fourth-order valence-corrected chi connectivity index (χ4v) is 3.49. The molecule has 0 heterocycles. The Morgan fingerprint density at radius 3 is 2.45 bits per heavy atom. The third kappa shape index (κ3) is 5.55. The molecule has 0 spiro atoms. The van der Waals surface area contributed by atoms with Gasteiger partial charge < -0.3 is 14.4 Å². The van der Waals surface area contributed by atoms with Gasteiger partial charge in [-0.3, -0.25) is 4.79 Å². The molecule has 0 atom stereocenters. The minimum atomic E-state index is -3.84. The van der Waals surface area contributed by atoms with Crippen molar-refractivity contribution in [2.24, 2.45) is 0 Å². The Morgan fingerprint density at radius 2 is 1.83 bits per heavy atom. The van der Waals surface area contributed by atoms with Crippen LogP contribution in [0, 0.1) is 6.92 Å². The molecule has 0 radical (unpaired) electrons. The van der Waals surface area contributed by atoms with Crippen LogP contribution < -0.4 is 9.46 Å². The van der Waals surface area contributed by atoms with E-state index in [9.17, 15) is 18.0 Å². The van der Waals surface area contributed by atoms with Crippen LogP contribution in [-0.2, 0) is 26.1 Å². The van der Waals surface area contributed by atoms with Crippen LogP contribution in [0.1, 0.15) is 21.5 Å². The van der Waals surface area contributed by atoms with Crippen molar-refractivity contribution in [2.45, 2.75) is 18.4 Å². The number of carbonyl (C=O) groups is 2. The second kappa shape index (κ2) is 9.53. The third-order valence-corrected chi connectivity index (χ3v) is 5.81. The molecule has 8 nitrogen and oxygen atoms in total. The minimum Gasteiger partial charge on any atom is -0.495 e. The normalized spacial score (nSPS) is 11.0. The molecule has 0 saturated carbocycles. The number of ether oxygens (including phenoxy) is 2. The molecular weight excluding hydrogens is 396 g/mol. The third-order valence-electron chi connectivity index (χ3n) is 4.38. The highest BCUT2D eigenvalue weighted by Gasteiger charge is 2.21. The average molecular weight is 420 g/mol. The summed E-state index contributed by atoms with van der Waals surface area (Å²) in [5, 5.41) is 0. The average Bonchev–Trinajstić information content (AvgIpc) is 2.72. The maximum absolute atomic E-state index is 12.3. The van der Waals surface area contributed by atoms with E-state index in [-0.39, 0.29) is 22.1 Å². The standard InChI is InChI=1S/C20H24N2O6S/c1-14-7-5-6-8-16(14)12-22(3)19(23)13-28-20(24)15-9-10-17(27-4)18(11-15)29(25,26)21-2/h5-11,21H,12-13H2,1-4H3. The molecule has 29 heavy (non-hydrogen) atoms. The highest BCUT2D eigenvalue weighted by molar-refractivity contribution is 7.89. The van der Waals surface area contributed by atoms with Crippen LogP contribution in [-0.4, -0.2) is 53.0 Å². The van der Waals surface area contributed by atoms with E-state index in [2.05, 4.69) is 4.72 Å². The predicted molar refractivity (Wildman–Crippen MR) is 107 cm³/mol. The van der Waals surface area contributed by atoms with Crippen LogP contribution in [0.4, 0.5) is 0 Å². The molecule has 0 unspecified atom stereocenters. The lowest BCUT2D eigenvalue weighted by Crippen LogP contribution is -2.31. The quantitative estimate of drug-likeness (QED) is 0.653. The van der Waals surface area contributed by atoms with Crippen LogP contribution >= 0.6 is 0 Å². The molecule has 0 saturated heterocycles. The molecular formula is C20H24N2O6S. The number of hydrogen-bond acceptors (Lipinski definition) is 6. The van der Waals surface area contributed by atoms with Crippen LogP contribution in [0.25, 0.3) is 0 Å². The second-order valence-electron chi connectivity index (χ2n) is 6.33. The van der Waals surface area contributed by atoms with Gasteiger partial charge in [-0.25, -0.2) is 17.9 Å². The largest absolute Gasteiger partial charge is 0.495 e. The van der Waals surface area contributed by atoms with E-state index < -0.39 is 22.6 Å². The van der Waals surface area contributed by atoms with Gasteiger partial charge in [0.25, 0.3) is 5.91 Å². The molecule has 9 heteroatoms. The first-order valence-electron chi connectivity index (χ1n) is 8.76. The lowest BCUT2D eigenvalue weighted by atomic mass is 10.1. The van der Waals surface area contributed by atoms with E-state index in [1.54, 1.807) is 7.05 Å². The van der Waals surface area contributed by atoms with Crippen LogP contribution in [0.5, 0.6) is 5.75 Å². The predicted octanol–water partition coefficient (Wildman–Crippen LogP) is 1.73. The maximum atomic E-state index is 12.3. The Labute approximate surface area is 170 Å². The number of methoxy groups -OCH3 is 1. The van der Waals surface area contributed by atoms with Gasteiger partial charge in [-0.15, -0.1) is 0 Å². The Balaban J connectivity index is 2.06. The van der Waals surface area contributed by atoms with Crippen molar-refractivity contribution in [3.63, 3.8) is 0 Å². The number of hydrogen-bond donors (Lipinski definition) is 1. The number of rotatable bonds is 8. The maximum Gasteiger partial charge on any atom is 0.338 e. The fraction of sp³-hybridized carbons (Fsp3) is 0.300. The Morgan fingerprint density at radius 1 is 1.14 bits per heavy atom. The summed E-state index contributed by atoms with van der Waals surface area (Å²) in [5.74, 6) is -1.10. The van der Waals surface area contributed by atoms with Gasteiger partial charge in [0.15, 0.2) is 6.61 Å². The molecule has 0 aliphatic heterocycles. The molecule has 156 valence electrons. The summed E-state index contributed by atoms with van der Waals surface area (Å²) in [4.78, 5) is 25.9. The van der Waals surface area contributed by atoms with Gasteiger partial charge >= 0.3 is 5.97 Å². The topological polar surface area (TPSA) is 102 Å². The summed E-state index contributed by atoms with van der Waals surface area (Å²) in [5.41, 5.74) is 2.04. The Kier molecular flexibility index (Phi) is 7.35. The number of nitrogens with zero attached hydrogens (tertiary/aromatic N) is 1. The Hall–Kier alpha value is -2.91. The van der Waals surface area contributed by atoms with Crippen molar-refractivity contribution in [1.29, 1.82) is 0 Å². The van der Waals surface area contributed by atoms with Gasteiger partial charge in [-0.2, -0.15) is 0 Å². The van der Waals surface area contributed by atoms with E-state index in [4.69, 9.17) is 9.47 Å². The van der Waals surface area contributed by atoms with Crippen LogP contribution in [0.3, 0.4) is 0 Å². The van der Waals surface area contributed by atoms with Crippen molar-refractivity contribution >= 4 is 21.9 Å². The summed E-state index contributed by atoms with van der Waals surface area (Å²) < 4.78 is 36.5.